The SMILES string of the molecule is CCCCCC(=O)OC=CC(C)C. The molecule has 0 N–H and O–H groups in total. The number of unbranched alkanes of at least 4 members (excludes halogenated alkanes) is 2. The Bertz CT molecular complexity index is 159. The fraction of sp³-hybridized carbons (Fsp3) is 0.727. The van der Waals surface area contributed by atoms with Gasteiger partial charge in [0.15, 0.2) is 0 Å². The number of carbonyl (C=O) groups is 1. The van der Waals surface area contributed by atoms with E-state index in [1.54, 1.807) is 0 Å². The van der Waals surface area contributed by atoms with E-state index in [0.717, 1.165) is 19.3 Å². The third kappa shape index (κ3) is 9.12. The lowest BCUT2D eigenvalue weighted by Crippen LogP contribution is -1.99. The molecule has 0 aromatic rings. The van der Waals surface area contributed by atoms with E-state index in [-0.39, 0.29) is 5.97 Å². The highest BCUT2D eigenvalue weighted by molar-refractivity contribution is 5.69. The molecule has 0 aliphatic rings. The number of esters is 1. The van der Waals surface area contributed by atoms with Gasteiger partial charge in [0.1, 0.15) is 0 Å². The van der Waals surface area contributed by atoms with Crippen molar-refractivity contribution in [1.82, 2.24) is 0 Å². The van der Waals surface area contributed by atoms with Crippen LogP contribution in [0.1, 0.15) is 46.5 Å². The van der Waals surface area contributed by atoms with Crippen molar-refractivity contribution in [1.29, 1.82) is 0 Å². The normalized spacial score (nSPS) is 11.1. The molecule has 0 aliphatic heterocycles. The van der Waals surface area contributed by atoms with E-state index in [0.29, 0.717) is 12.3 Å². The minimum atomic E-state index is -0.120. The maximum absolute atomic E-state index is 11.0. The van der Waals surface area contributed by atoms with Crippen LogP contribution in [0, 0.1) is 5.92 Å². The Morgan fingerprint density at radius 1 is 1.38 bits per heavy atom. The van der Waals surface area contributed by atoms with Crippen LogP contribution in [-0.2, 0) is 9.53 Å². The second kappa shape index (κ2) is 7.84. The summed E-state index contributed by atoms with van der Waals surface area (Å²) in [5, 5.41) is 0. The first-order valence-electron chi connectivity index (χ1n) is 5.03. The Kier molecular flexibility index (Phi) is 7.36. The second-order valence-electron chi connectivity index (χ2n) is 3.52. The van der Waals surface area contributed by atoms with Gasteiger partial charge in [0.05, 0.1) is 6.26 Å². The minimum Gasteiger partial charge on any atom is -0.435 e. The summed E-state index contributed by atoms with van der Waals surface area (Å²) < 4.78 is 4.88. The molecule has 0 spiro atoms. The zero-order chi connectivity index (χ0) is 10.1. The lowest BCUT2D eigenvalue weighted by atomic mass is 10.2. The number of hydrogen-bond donors (Lipinski definition) is 0. The predicted molar refractivity (Wildman–Crippen MR) is 54.2 cm³/mol. The topological polar surface area (TPSA) is 26.3 Å². The Labute approximate surface area is 81.0 Å². The summed E-state index contributed by atoms with van der Waals surface area (Å²) in [6.45, 7) is 6.20. The fourth-order valence-electron chi connectivity index (χ4n) is 0.851. The van der Waals surface area contributed by atoms with Gasteiger partial charge in [0.25, 0.3) is 0 Å². The van der Waals surface area contributed by atoms with Crippen LogP contribution < -0.4 is 0 Å². The van der Waals surface area contributed by atoms with Gasteiger partial charge in [-0.3, -0.25) is 4.79 Å². The van der Waals surface area contributed by atoms with Crippen molar-refractivity contribution in [3.63, 3.8) is 0 Å². The molecule has 0 fully saturated rings. The molecule has 0 aromatic heterocycles. The summed E-state index contributed by atoms with van der Waals surface area (Å²) in [7, 11) is 0. The van der Waals surface area contributed by atoms with Crippen LogP contribution in [0.5, 0.6) is 0 Å². The average Bonchev–Trinajstić information content (AvgIpc) is 2.04. The monoisotopic (exact) mass is 184 g/mol. The van der Waals surface area contributed by atoms with Gasteiger partial charge in [-0.2, -0.15) is 0 Å². The van der Waals surface area contributed by atoms with Crippen LogP contribution in [0.3, 0.4) is 0 Å². The third-order valence-corrected chi connectivity index (χ3v) is 1.65. The summed E-state index contributed by atoms with van der Waals surface area (Å²) in [4.78, 5) is 11.0. The van der Waals surface area contributed by atoms with Gasteiger partial charge in [0.2, 0.25) is 0 Å². The molecule has 2 heteroatoms. The molecule has 76 valence electrons. The van der Waals surface area contributed by atoms with E-state index >= 15 is 0 Å². The van der Waals surface area contributed by atoms with Crippen LogP contribution in [0.4, 0.5) is 0 Å². The van der Waals surface area contributed by atoms with Gasteiger partial charge in [-0.25, -0.2) is 0 Å². The van der Waals surface area contributed by atoms with Crippen molar-refractivity contribution in [3.8, 4) is 0 Å². The first-order valence-corrected chi connectivity index (χ1v) is 5.03. The van der Waals surface area contributed by atoms with E-state index in [2.05, 4.69) is 6.92 Å². The zero-order valence-electron chi connectivity index (χ0n) is 8.88. The largest absolute Gasteiger partial charge is 0.435 e. The summed E-state index contributed by atoms with van der Waals surface area (Å²) in [6.07, 6.45) is 7.08. The zero-order valence-corrected chi connectivity index (χ0v) is 8.88. The van der Waals surface area contributed by atoms with Crippen molar-refractivity contribution < 1.29 is 9.53 Å². The summed E-state index contributed by atoms with van der Waals surface area (Å²) in [5.74, 6) is 0.314. The molecule has 0 amide bonds. The van der Waals surface area contributed by atoms with Gasteiger partial charge < -0.3 is 4.74 Å². The molecule has 2 nitrogen and oxygen atoms in total. The molecule has 13 heavy (non-hydrogen) atoms. The lowest BCUT2D eigenvalue weighted by Gasteiger charge is -1.99. The molecular formula is C11H20O2. The maximum atomic E-state index is 11.0. The van der Waals surface area contributed by atoms with E-state index < -0.39 is 0 Å². The van der Waals surface area contributed by atoms with Gasteiger partial charge in [-0.1, -0.05) is 33.6 Å². The molecule has 0 radical (unpaired) electrons. The standard InChI is InChI=1S/C11H20O2/c1-4-5-6-7-11(12)13-9-8-10(2)3/h8-10H,4-7H2,1-3H3. The number of carbonyl (C=O) groups excluding carboxylic acids is 1. The number of ether oxygens (including phenoxy) is 1. The Hall–Kier alpha value is -0.790. The van der Waals surface area contributed by atoms with Crippen LogP contribution >= 0.6 is 0 Å². The quantitative estimate of drug-likeness (QED) is 0.360. The fourth-order valence-corrected chi connectivity index (χ4v) is 0.851. The van der Waals surface area contributed by atoms with Crippen molar-refractivity contribution in [2.24, 2.45) is 5.92 Å². The van der Waals surface area contributed by atoms with Crippen LogP contribution in [0.2, 0.25) is 0 Å². The van der Waals surface area contributed by atoms with Crippen LogP contribution in [0.25, 0.3) is 0 Å². The molecule has 0 bridgehead atoms. The Balaban J connectivity index is 3.40. The summed E-state index contributed by atoms with van der Waals surface area (Å²) in [6, 6.07) is 0. The molecule has 0 unspecified atom stereocenters. The average molecular weight is 184 g/mol. The molecule has 0 saturated heterocycles. The smallest absolute Gasteiger partial charge is 0.310 e. The molecule has 0 rings (SSSR count). The Morgan fingerprint density at radius 3 is 2.62 bits per heavy atom. The molecular weight excluding hydrogens is 164 g/mol. The first-order chi connectivity index (χ1) is 6.16. The van der Waals surface area contributed by atoms with E-state index in [4.69, 9.17) is 4.74 Å². The third-order valence-electron chi connectivity index (χ3n) is 1.65. The number of allylic oxidation sites excluding steroid dienone is 1. The number of hydrogen-bond acceptors (Lipinski definition) is 2. The summed E-state index contributed by atoms with van der Waals surface area (Å²) >= 11 is 0. The predicted octanol–water partition coefficient (Wildman–Crippen LogP) is 3.28. The second-order valence-corrected chi connectivity index (χ2v) is 3.52. The van der Waals surface area contributed by atoms with E-state index in [1.807, 2.05) is 19.9 Å². The molecule has 0 aromatic carbocycles. The highest BCUT2D eigenvalue weighted by Gasteiger charge is 1.99. The van der Waals surface area contributed by atoms with E-state index in [1.165, 1.54) is 6.26 Å². The Morgan fingerprint density at radius 2 is 2.08 bits per heavy atom. The molecule has 0 heterocycles. The van der Waals surface area contributed by atoms with Gasteiger partial charge in [-0.15, -0.1) is 0 Å². The minimum absolute atomic E-state index is 0.120. The van der Waals surface area contributed by atoms with Crippen molar-refractivity contribution >= 4 is 5.97 Å². The molecule has 0 saturated carbocycles. The maximum Gasteiger partial charge on any atom is 0.310 e. The van der Waals surface area contributed by atoms with Crippen molar-refractivity contribution in [2.45, 2.75) is 46.5 Å². The first kappa shape index (κ1) is 12.2. The van der Waals surface area contributed by atoms with Crippen LogP contribution in [-0.4, -0.2) is 5.97 Å². The highest BCUT2D eigenvalue weighted by atomic mass is 16.5. The van der Waals surface area contributed by atoms with Gasteiger partial charge in [-0.05, 0) is 18.4 Å². The van der Waals surface area contributed by atoms with Crippen LogP contribution in [0.15, 0.2) is 12.3 Å². The summed E-state index contributed by atoms with van der Waals surface area (Å²) in [5.41, 5.74) is 0. The number of rotatable bonds is 6. The molecule has 0 atom stereocenters. The van der Waals surface area contributed by atoms with Crippen molar-refractivity contribution in [3.05, 3.63) is 12.3 Å². The van der Waals surface area contributed by atoms with Gasteiger partial charge in [0, 0.05) is 6.42 Å². The molecule has 0 aliphatic carbocycles. The van der Waals surface area contributed by atoms with Crippen molar-refractivity contribution in [2.75, 3.05) is 0 Å². The lowest BCUT2D eigenvalue weighted by molar-refractivity contribution is -0.138. The van der Waals surface area contributed by atoms with E-state index in [9.17, 15) is 4.79 Å². The van der Waals surface area contributed by atoms with Gasteiger partial charge >= 0.3 is 5.97 Å². The highest BCUT2D eigenvalue weighted by Crippen LogP contribution is 2.01.